The van der Waals surface area contributed by atoms with E-state index in [0.29, 0.717) is 12.3 Å². The van der Waals surface area contributed by atoms with Gasteiger partial charge in [0.25, 0.3) is 0 Å². The number of nitrogens with one attached hydrogen (secondary N) is 1. The van der Waals surface area contributed by atoms with Crippen molar-refractivity contribution in [3.63, 3.8) is 0 Å². The maximum absolute atomic E-state index is 12.0. The van der Waals surface area contributed by atoms with E-state index in [9.17, 15) is 10.1 Å². The van der Waals surface area contributed by atoms with Crippen molar-refractivity contribution in [3.8, 4) is 6.07 Å². The van der Waals surface area contributed by atoms with E-state index in [1.165, 1.54) is 12.8 Å². The number of nitriles is 1. The van der Waals surface area contributed by atoms with Gasteiger partial charge in [-0.25, -0.2) is 0 Å². The van der Waals surface area contributed by atoms with Crippen molar-refractivity contribution in [2.75, 3.05) is 11.5 Å². The lowest BCUT2D eigenvalue weighted by Gasteiger charge is -2.23. The maximum atomic E-state index is 12.0. The summed E-state index contributed by atoms with van der Waals surface area (Å²) in [5.41, 5.74) is -0.592. The number of unbranched alkanes of at least 4 members (excludes halogenated alkanes) is 1. The predicted octanol–water partition coefficient (Wildman–Crippen LogP) is 3.11. The van der Waals surface area contributed by atoms with Crippen LogP contribution in [0.25, 0.3) is 0 Å². The Morgan fingerprint density at radius 1 is 1.56 bits per heavy atom. The number of hydrogen-bond acceptors (Lipinski definition) is 3. The average Bonchev–Trinajstić information content (AvgIpc) is 2.83. The molecule has 4 heteroatoms. The number of amides is 1. The second kappa shape index (κ2) is 7.68. The Balaban J connectivity index is 2.42. The van der Waals surface area contributed by atoms with Gasteiger partial charge in [-0.2, -0.15) is 17.0 Å². The normalized spacial score (nSPS) is 24.5. The van der Waals surface area contributed by atoms with Crippen molar-refractivity contribution in [1.29, 1.82) is 5.26 Å². The SMILES string of the molecule is CCCC[C@@H](CC)CC(=O)N[C@]1(C#N)CCSC1. The Morgan fingerprint density at radius 3 is 2.83 bits per heavy atom. The number of nitrogens with zero attached hydrogens (tertiary/aromatic N) is 1. The van der Waals surface area contributed by atoms with Gasteiger partial charge in [-0.1, -0.05) is 33.1 Å². The van der Waals surface area contributed by atoms with Gasteiger partial charge in [0, 0.05) is 12.2 Å². The summed E-state index contributed by atoms with van der Waals surface area (Å²) in [6.45, 7) is 4.31. The average molecular weight is 268 g/mol. The van der Waals surface area contributed by atoms with Crippen molar-refractivity contribution in [3.05, 3.63) is 0 Å². The molecule has 102 valence electrons. The fraction of sp³-hybridized carbons (Fsp3) is 0.857. The topological polar surface area (TPSA) is 52.9 Å². The number of carbonyl (C=O) groups excluding carboxylic acids is 1. The van der Waals surface area contributed by atoms with Crippen molar-refractivity contribution >= 4 is 17.7 Å². The molecule has 0 aromatic heterocycles. The monoisotopic (exact) mass is 268 g/mol. The molecule has 18 heavy (non-hydrogen) atoms. The minimum Gasteiger partial charge on any atom is -0.337 e. The highest BCUT2D eigenvalue weighted by Crippen LogP contribution is 2.28. The van der Waals surface area contributed by atoms with Gasteiger partial charge in [-0.05, 0) is 24.5 Å². The summed E-state index contributed by atoms with van der Waals surface area (Å²) >= 11 is 1.75. The number of thioether (sulfide) groups is 1. The Hall–Kier alpha value is -0.690. The smallest absolute Gasteiger partial charge is 0.221 e. The lowest BCUT2D eigenvalue weighted by molar-refractivity contribution is -0.123. The molecule has 1 aliphatic rings. The number of carbonyl (C=O) groups is 1. The molecule has 0 saturated carbocycles. The molecule has 0 aromatic carbocycles. The number of hydrogen-bond donors (Lipinski definition) is 1. The third-order valence-electron chi connectivity index (χ3n) is 3.63. The fourth-order valence-corrected chi connectivity index (χ4v) is 3.57. The summed E-state index contributed by atoms with van der Waals surface area (Å²) in [7, 11) is 0. The molecule has 1 rings (SSSR count). The minimum absolute atomic E-state index is 0.0574. The van der Waals surface area contributed by atoms with Gasteiger partial charge >= 0.3 is 0 Å². The zero-order valence-electron chi connectivity index (χ0n) is 11.5. The third kappa shape index (κ3) is 4.53. The van der Waals surface area contributed by atoms with Crippen LogP contribution in [0.1, 0.15) is 52.4 Å². The van der Waals surface area contributed by atoms with E-state index in [2.05, 4.69) is 25.2 Å². The van der Waals surface area contributed by atoms with Crippen LogP contribution in [0.4, 0.5) is 0 Å². The molecule has 2 atom stereocenters. The first kappa shape index (κ1) is 15.4. The van der Waals surface area contributed by atoms with Gasteiger partial charge in [-0.15, -0.1) is 0 Å². The quantitative estimate of drug-likeness (QED) is 0.772. The highest BCUT2D eigenvalue weighted by Gasteiger charge is 2.36. The van der Waals surface area contributed by atoms with Gasteiger partial charge in [0.05, 0.1) is 6.07 Å². The lowest BCUT2D eigenvalue weighted by Crippen LogP contribution is -2.47. The molecule has 1 fully saturated rings. The summed E-state index contributed by atoms with van der Waals surface area (Å²) in [6.07, 6.45) is 5.88. The van der Waals surface area contributed by atoms with Crippen LogP contribution in [0, 0.1) is 17.2 Å². The molecule has 0 radical (unpaired) electrons. The van der Waals surface area contributed by atoms with Gasteiger partial charge in [0.15, 0.2) is 0 Å². The van der Waals surface area contributed by atoms with Crippen molar-refractivity contribution in [2.45, 2.75) is 57.9 Å². The van der Waals surface area contributed by atoms with Crippen LogP contribution in [0.5, 0.6) is 0 Å². The first-order valence-electron chi connectivity index (χ1n) is 6.95. The van der Waals surface area contributed by atoms with Crippen LogP contribution in [-0.2, 0) is 4.79 Å². The molecule has 1 saturated heterocycles. The molecule has 0 aromatic rings. The summed E-state index contributed by atoms with van der Waals surface area (Å²) in [5, 5.41) is 12.2. The lowest BCUT2D eigenvalue weighted by atomic mass is 9.94. The maximum Gasteiger partial charge on any atom is 0.221 e. The first-order valence-corrected chi connectivity index (χ1v) is 8.11. The van der Waals surface area contributed by atoms with E-state index >= 15 is 0 Å². The van der Waals surface area contributed by atoms with Crippen LogP contribution in [0.3, 0.4) is 0 Å². The van der Waals surface area contributed by atoms with Crippen LogP contribution >= 0.6 is 11.8 Å². The summed E-state index contributed by atoms with van der Waals surface area (Å²) in [5.74, 6) is 2.23. The van der Waals surface area contributed by atoms with E-state index in [0.717, 1.165) is 30.8 Å². The Kier molecular flexibility index (Phi) is 6.56. The largest absolute Gasteiger partial charge is 0.337 e. The Labute approximate surface area is 115 Å². The van der Waals surface area contributed by atoms with Crippen LogP contribution in [-0.4, -0.2) is 23.0 Å². The third-order valence-corrected chi connectivity index (χ3v) is 4.82. The molecule has 0 unspecified atom stereocenters. The molecule has 3 nitrogen and oxygen atoms in total. The molecule has 1 amide bonds. The van der Waals surface area contributed by atoms with Crippen LogP contribution in [0.2, 0.25) is 0 Å². The molecule has 1 aliphatic heterocycles. The zero-order chi connectivity index (χ0) is 13.4. The summed E-state index contributed by atoms with van der Waals surface area (Å²) in [6, 6.07) is 2.29. The van der Waals surface area contributed by atoms with Gasteiger partial charge in [-0.3, -0.25) is 4.79 Å². The molecule has 0 spiro atoms. The molecular formula is C14H24N2OS. The van der Waals surface area contributed by atoms with Crippen molar-refractivity contribution in [1.82, 2.24) is 5.32 Å². The van der Waals surface area contributed by atoms with Gasteiger partial charge < -0.3 is 5.32 Å². The highest BCUT2D eigenvalue weighted by atomic mass is 32.2. The van der Waals surface area contributed by atoms with Crippen molar-refractivity contribution in [2.24, 2.45) is 5.92 Å². The highest BCUT2D eigenvalue weighted by molar-refractivity contribution is 7.99. The molecule has 0 aliphatic carbocycles. The first-order chi connectivity index (χ1) is 8.65. The van der Waals surface area contributed by atoms with Gasteiger partial charge in [0.2, 0.25) is 5.91 Å². The van der Waals surface area contributed by atoms with E-state index < -0.39 is 5.54 Å². The van der Waals surface area contributed by atoms with Crippen LogP contribution < -0.4 is 5.32 Å². The van der Waals surface area contributed by atoms with E-state index in [-0.39, 0.29) is 5.91 Å². The standard InChI is InChI=1S/C14H24N2OS/c1-3-5-6-12(4-2)9-13(17)16-14(10-15)7-8-18-11-14/h12H,3-9,11H2,1-2H3,(H,16,17)/t12-,14+/m1/s1. The minimum atomic E-state index is -0.592. The fourth-order valence-electron chi connectivity index (χ4n) is 2.30. The number of rotatable bonds is 7. The van der Waals surface area contributed by atoms with E-state index in [4.69, 9.17) is 0 Å². The van der Waals surface area contributed by atoms with Crippen molar-refractivity contribution < 1.29 is 4.79 Å². The Morgan fingerprint density at radius 2 is 2.33 bits per heavy atom. The van der Waals surface area contributed by atoms with Gasteiger partial charge in [0.1, 0.15) is 5.54 Å². The van der Waals surface area contributed by atoms with E-state index in [1.807, 2.05) is 0 Å². The second-order valence-electron chi connectivity index (χ2n) is 5.17. The summed E-state index contributed by atoms with van der Waals surface area (Å²) < 4.78 is 0. The summed E-state index contributed by atoms with van der Waals surface area (Å²) in [4.78, 5) is 12.0. The predicted molar refractivity (Wildman–Crippen MR) is 76.4 cm³/mol. The van der Waals surface area contributed by atoms with E-state index in [1.54, 1.807) is 11.8 Å². The molecular weight excluding hydrogens is 244 g/mol. The molecule has 1 N–H and O–H groups in total. The zero-order valence-corrected chi connectivity index (χ0v) is 12.3. The Bertz CT molecular complexity index is 305. The second-order valence-corrected chi connectivity index (χ2v) is 6.27. The van der Waals surface area contributed by atoms with Crippen LogP contribution in [0.15, 0.2) is 0 Å². The molecule has 1 heterocycles. The molecule has 0 bridgehead atoms.